The lowest BCUT2D eigenvalue weighted by Crippen LogP contribution is -2.19. The summed E-state index contributed by atoms with van der Waals surface area (Å²) in [6.07, 6.45) is 3.53. The maximum Gasteiger partial charge on any atom is 0.0931 e. The molecular formula is C18H22BrNS. The van der Waals surface area contributed by atoms with Crippen LogP contribution in [0.5, 0.6) is 0 Å². The van der Waals surface area contributed by atoms with Gasteiger partial charge in [-0.15, -0.1) is 11.3 Å². The molecular weight excluding hydrogens is 342 g/mol. The van der Waals surface area contributed by atoms with E-state index in [4.69, 9.17) is 4.98 Å². The summed E-state index contributed by atoms with van der Waals surface area (Å²) in [5.41, 5.74) is 4.36. The highest BCUT2D eigenvalue weighted by Crippen LogP contribution is 2.42. The Labute approximate surface area is 139 Å². The van der Waals surface area contributed by atoms with Crippen LogP contribution in [0.2, 0.25) is 0 Å². The second-order valence-corrected chi connectivity index (χ2v) is 8.91. The van der Waals surface area contributed by atoms with Crippen LogP contribution < -0.4 is 0 Å². The second-order valence-electron chi connectivity index (χ2n) is 6.98. The highest BCUT2D eigenvalue weighted by Gasteiger charge is 2.28. The molecule has 1 nitrogen and oxygen atoms in total. The molecule has 21 heavy (non-hydrogen) atoms. The van der Waals surface area contributed by atoms with E-state index in [1.165, 1.54) is 34.7 Å². The molecule has 0 spiro atoms. The van der Waals surface area contributed by atoms with E-state index in [2.05, 4.69) is 66.3 Å². The molecule has 0 bridgehead atoms. The summed E-state index contributed by atoms with van der Waals surface area (Å²) in [5.74, 6) is 0.652. The van der Waals surface area contributed by atoms with Crippen molar-refractivity contribution in [2.24, 2.45) is 5.92 Å². The zero-order valence-corrected chi connectivity index (χ0v) is 15.3. The van der Waals surface area contributed by atoms with Gasteiger partial charge in [-0.25, -0.2) is 4.98 Å². The van der Waals surface area contributed by atoms with Crippen LogP contribution >= 0.6 is 27.3 Å². The van der Waals surface area contributed by atoms with E-state index in [1.54, 1.807) is 0 Å². The third-order valence-electron chi connectivity index (χ3n) is 4.31. The average Bonchev–Trinajstić information content (AvgIpc) is 2.91. The molecule has 0 saturated heterocycles. The Hall–Kier alpha value is -0.670. The van der Waals surface area contributed by atoms with Gasteiger partial charge in [0.2, 0.25) is 0 Å². The summed E-state index contributed by atoms with van der Waals surface area (Å²) in [7, 11) is 0. The number of fused-ring (bicyclic) bond motifs is 1. The van der Waals surface area contributed by atoms with E-state index in [9.17, 15) is 0 Å². The van der Waals surface area contributed by atoms with Gasteiger partial charge in [-0.05, 0) is 29.9 Å². The molecule has 2 aromatic rings. The number of aromatic nitrogens is 1. The molecule has 2 unspecified atom stereocenters. The molecule has 3 rings (SSSR count). The van der Waals surface area contributed by atoms with Crippen LogP contribution in [0, 0.1) is 5.92 Å². The topological polar surface area (TPSA) is 12.9 Å². The van der Waals surface area contributed by atoms with Gasteiger partial charge in [0.1, 0.15) is 0 Å². The normalized spacial score (nSPS) is 22.1. The minimum atomic E-state index is 0.154. The fourth-order valence-corrected chi connectivity index (χ4v) is 4.96. The molecule has 3 heteroatoms. The molecule has 0 aliphatic heterocycles. The molecule has 0 N–H and O–H groups in total. The first-order valence-corrected chi connectivity index (χ1v) is 9.41. The Bertz CT molecular complexity index is 626. The van der Waals surface area contributed by atoms with Crippen LogP contribution in [-0.2, 0) is 18.3 Å². The Kier molecular flexibility index (Phi) is 4.24. The Balaban J connectivity index is 1.76. The molecule has 1 aromatic heterocycles. The van der Waals surface area contributed by atoms with Crippen LogP contribution in [0.1, 0.15) is 53.8 Å². The van der Waals surface area contributed by atoms with E-state index in [0.29, 0.717) is 10.7 Å². The Morgan fingerprint density at radius 3 is 2.76 bits per heavy atom. The second kappa shape index (κ2) is 5.85. The van der Waals surface area contributed by atoms with Crippen LogP contribution in [0.15, 0.2) is 29.6 Å². The van der Waals surface area contributed by atoms with Crippen LogP contribution in [0.25, 0.3) is 0 Å². The molecule has 1 aliphatic rings. The van der Waals surface area contributed by atoms with Crippen molar-refractivity contribution >= 4 is 27.3 Å². The number of hydrogen-bond acceptors (Lipinski definition) is 2. The van der Waals surface area contributed by atoms with Crippen LogP contribution in [0.4, 0.5) is 0 Å². The summed E-state index contributed by atoms with van der Waals surface area (Å²) in [6, 6.07) is 8.83. The van der Waals surface area contributed by atoms with Crippen LogP contribution in [-0.4, -0.2) is 4.98 Å². The van der Waals surface area contributed by atoms with E-state index in [0.717, 1.165) is 6.42 Å². The van der Waals surface area contributed by atoms with Crippen LogP contribution in [0.3, 0.4) is 0 Å². The first kappa shape index (κ1) is 15.2. The summed E-state index contributed by atoms with van der Waals surface area (Å²) >= 11 is 5.76. The van der Waals surface area contributed by atoms with Gasteiger partial charge < -0.3 is 0 Å². The van der Waals surface area contributed by atoms with Gasteiger partial charge in [-0.3, -0.25) is 0 Å². The van der Waals surface area contributed by atoms with Gasteiger partial charge in [0.05, 0.1) is 10.7 Å². The summed E-state index contributed by atoms with van der Waals surface area (Å²) in [5, 5.41) is 3.52. The van der Waals surface area contributed by atoms with Crippen molar-refractivity contribution < 1.29 is 0 Å². The molecule has 1 aromatic carbocycles. The third-order valence-corrected chi connectivity index (χ3v) is 6.42. The monoisotopic (exact) mass is 363 g/mol. The average molecular weight is 364 g/mol. The quantitative estimate of drug-likeness (QED) is 0.625. The van der Waals surface area contributed by atoms with Gasteiger partial charge >= 0.3 is 0 Å². The number of aryl methyl sites for hydroxylation is 1. The van der Waals surface area contributed by atoms with Gasteiger partial charge in [-0.1, -0.05) is 61.0 Å². The minimum Gasteiger partial charge on any atom is -0.246 e. The van der Waals surface area contributed by atoms with Crippen molar-refractivity contribution in [1.29, 1.82) is 0 Å². The highest BCUT2D eigenvalue weighted by atomic mass is 79.9. The molecule has 2 atom stereocenters. The van der Waals surface area contributed by atoms with Crippen molar-refractivity contribution in [1.82, 2.24) is 4.98 Å². The maximum atomic E-state index is 4.86. The fraction of sp³-hybridized carbons (Fsp3) is 0.500. The predicted molar refractivity (Wildman–Crippen MR) is 94.4 cm³/mol. The number of thiazole rings is 1. The molecule has 0 saturated carbocycles. The lowest BCUT2D eigenvalue weighted by Gasteiger charge is -2.29. The lowest BCUT2D eigenvalue weighted by atomic mass is 9.82. The van der Waals surface area contributed by atoms with E-state index >= 15 is 0 Å². The van der Waals surface area contributed by atoms with Gasteiger partial charge in [0.15, 0.2) is 0 Å². The molecule has 1 aliphatic carbocycles. The number of rotatable bonds is 2. The SMILES string of the molecule is CC(C)(C)c1csc(CC2CCc3ccccc3C2Br)n1. The Morgan fingerprint density at radius 2 is 2.05 bits per heavy atom. The minimum absolute atomic E-state index is 0.154. The molecule has 112 valence electrons. The van der Waals surface area contributed by atoms with Crippen molar-refractivity contribution in [3.8, 4) is 0 Å². The van der Waals surface area contributed by atoms with Gasteiger partial charge in [0, 0.05) is 22.0 Å². The number of benzene rings is 1. The smallest absolute Gasteiger partial charge is 0.0931 e. The van der Waals surface area contributed by atoms with Crippen molar-refractivity contribution in [3.63, 3.8) is 0 Å². The first-order valence-electron chi connectivity index (χ1n) is 7.62. The number of alkyl halides is 1. The maximum absolute atomic E-state index is 4.86. The number of hydrogen-bond donors (Lipinski definition) is 0. The summed E-state index contributed by atoms with van der Waals surface area (Å²) in [4.78, 5) is 5.33. The summed E-state index contributed by atoms with van der Waals surface area (Å²) < 4.78 is 0. The lowest BCUT2D eigenvalue weighted by molar-refractivity contribution is 0.450. The standard InChI is InChI=1S/C18H22BrNS/c1-18(2,3)15-11-21-16(20-15)10-13-9-8-12-6-4-5-7-14(12)17(13)19/h4-7,11,13,17H,8-10H2,1-3H3. The number of nitrogens with zero attached hydrogens (tertiary/aromatic N) is 1. The van der Waals surface area contributed by atoms with Crippen molar-refractivity contribution in [2.45, 2.75) is 50.3 Å². The zero-order chi connectivity index (χ0) is 15.0. The molecule has 1 heterocycles. The summed E-state index contributed by atoms with van der Waals surface area (Å²) in [6.45, 7) is 6.70. The zero-order valence-electron chi connectivity index (χ0n) is 12.9. The van der Waals surface area contributed by atoms with Gasteiger partial charge in [-0.2, -0.15) is 0 Å². The molecule has 0 radical (unpaired) electrons. The first-order chi connectivity index (χ1) is 9.95. The number of halogens is 1. The molecule has 0 amide bonds. The highest BCUT2D eigenvalue weighted by molar-refractivity contribution is 9.09. The fourth-order valence-electron chi connectivity index (χ4n) is 2.95. The van der Waals surface area contributed by atoms with Crippen molar-refractivity contribution in [2.75, 3.05) is 0 Å². The third kappa shape index (κ3) is 3.24. The van der Waals surface area contributed by atoms with E-state index in [-0.39, 0.29) is 5.41 Å². The van der Waals surface area contributed by atoms with E-state index < -0.39 is 0 Å². The van der Waals surface area contributed by atoms with E-state index in [1.807, 2.05) is 11.3 Å². The Morgan fingerprint density at radius 1 is 1.29 bits per heavy atom. The molecule has 0 fully saturated rings. The van der Waals surface area contributed by atoms with Gasteiger partial charge in [0.25, 0.3) is 0 Å². The largest absolute Gasteiger partial charge is 0.246 e. The predicted octanol–water partition coefficient (Wildman–Crippen LogP) is 5.68. The van der Waals surface area contributed by atoms with Crippen molar-refractivity contribution in [3.05, 3.63) is 51.5 Å².